The van der Waals surface area contributed by atoms with Gasteiger partial charge < -0.3 is 5.32 Å². The van der Waals surface area contributed by atoms with Crippen molar-refractivity contribution in [1.82, 2.24) is 9.88 Å². The molecule has 2 aromatic carbocycles. The van der Waals surface area contributed by atoms with Crippen LogP contribution in [0, 0.1) is 0 Å². The Morgan fingerprint density at radius 2 is 1.82 bits per heavy atom. The Hall–Kier alpha value is -2.72. The number of rotatable bonds is 3. The number of nitrogens with zero attached hydrogens (tertiary/aromatic N) is 2. The van der Waals surface area contributed by atoms with E-state index in [9.17, 15) is 4.79 Å². The van der Waals surface area contributed by atoms with Crippen molar-refractivity contribution in [2.45, 2.75) is 38.1 Å². The highest BCUT2D eigenvalue weighted by molar-refractivity contribution is 6.05. The van der Waals surface area contributed by atoms with Gasteiger partial charge in [-0.1, -0.05) is 30.7 Å². The lowest BCUT2D eigenvalue weighted by Gasteiger charge is -2.36. The number of benzene rings is 2. The predicted molar refractivity (Wildman–Crippen MR) is 113 cm³/mol. The number of anilines is 1. The summed E-state index contributed by atoms with van der Waals surface area (Å²) in [5.74, 6) is -0.108. The average Bonchev–Trinajstić information content (AvgIpc) is 2.89. The molecule has 28 heavy (non-hydrogen) atoms. The van der Waals surface area contributed by atoms with Crippen LogP contribution in [0.3, 0.4) is 0 Å². The molecule has 1 amide bonds. The smallest absolute Gasteiger partial charge is 0.257 e. The van der Waals surface area contributed by atoms with Crippen molar-refractivity contribution >= 4 is 22.5 Å². The predicted octanol–water partition coefficient (Wildman–Crippen LogP) is 4.44. The maximum Gasteiger partial charge on any atom is 0.257 e. The van der Waals surface area contributed by atoms with E-state index in [1.165, 1.54) is 30.4 Å². The van der Waals surface area contributed by atoms with Crippen molar-refractivity contribution in [2.75, 3.05) is 18.4 Å². The van der Waals surface area contributed by atoms with Gasteiger partial charge in [-0.3, -0.25) is 14.7 Å². The Labute approximate surface area is 165 Å². The van der Waals surface area contributed by atoms with E-state index in [2.05, 4.69) is 27.3 Å². The van der Waals surface area contributed by atoms with E-state index in [1.807, 2.05) is 36.4 Å². The van der Waals surface area contributed by atoms with Gasteiger partial charge in [-0.2, -0.15) is 0 Å². The number of hydrogen-bond acceptors (Lipinski definition) is 3. The first-order valence-electron chi connectivity index (χ1n) is 10.3. The van der Waals surface area contributed by atoms with Crippen LogP contribution in [-0.4, -0.2) is 34.9 Å². The topological polar surface area (TPSA) is 45.2 Å². The Kier molecular flexibility index (Phi) is 4.57. The first-order valence-corrected chi connectivity index (χ1v) is 10.3. The summed E-state index contributed by atoms with van der Waals surface area (Å²) in [7, 11) is 0. The van der Waals surface area contributed by atoms with Gasteiger partial charge in [0, 0.05) is 36.4 Å². The summed E-state index contributed by atoms with van der Waals surface area (Å²) in [4.78, 5) is 19.8. The van der Waals surface area contributed by atoms with Crippen LogP contribution in [0.1, 0.15) is 40.7 Å². The third kappa shape index (κ3) is 3.40. The fourth-order valence-corrected chi connectivity index (χ4v) is 4.34. The molecule has 2 aliphatic rings. The molecule has 5 rings (SSSR count). The molecule has 0 saturated heterocycles. The molecule has 1 saturated carbocycles. The van der Waals surface area contributed by atoms with Gasteiger partial charge >= 0.3 is 0 Å². The van der Waals surface area contributed by atoms with Gasteiger partial charge in [0.2, 0.25) is 0 Å². The van der Waals surface area contributed by atoms with E-state index in [0.29, 0.717) is 5.56 Å². The van der Waals surface area contributed by atoms with Gasteiger partial charge in [0.1, 0.15) is 0 Å². The summed E-state index contributed by atoms with van der Waals surface area (Å²) in [5, 5.41) is 4.04. The van der Waals surface area contributed by atoms with Crippen molar-refractivity contribution in [3.8, 4) is 0 Å². The second-order valence-corrected chi connectivity index (χ2v) is 7.98. The van der Waals surface area contributed by atoms with Crippen LogP contribution in [-0.2, 0) is 12.8 Å². The van der Waals surface area contributed by atoms with Crippen LogP contribution in [0.4, 0.5) is 5.69 Å². The van der Waals surface area contributed by atoms with Crippen molar-refractivity contribution in [3.63, 3.8) is 0 Å². The minimum absolute atomic E-state index is 0.108. The number of pyridine rings is 1. The highest BCUT2D eigenvalue weighted by Crippen LogP contribution is 2.28. The summed E-state index contributed by atoms with van der Waals surface area (Å²) >= 11 is 0. The zero-order valence-corrected chi connectivity index (χ0v) is 16.0. The largest absolute Gasteiger partial charge is 0.322 e. The number of hydrogen-bond donors (Lipinski definition) is 1. The lowest BCUT2D eigenvalue weighted by atomic mass is 9.91. The minimum Gasteiger partial charge on any atom is -0.322 e. The summed E-state index contributed by atoms with van der Waals surface area (Å²) in [6.07, 6.45) is 7.92. The van der Waals surface area contributed by atoms with Crippen LogP contribution in [0.2, 0.25) is 0 Å². The van der Waals surface area contributed by atoms with Crippen LogP contribution in [0.5, 0.6) is 0 Å². The Morgan fingerprint density at radius 3 is 2.64 bits per heavy atom. The molecule has 142 valence electrons. The van der Waals surface area contributed by atoms with Gasteiger partial charge in [-0.05, 0) is 61.1 Å². The zero-order chi connectivity index (χ0) is 18.9. The molecule has 1 N–H and O–H groups in total. The van der Waals surface area contributed by atoms with E-state index < -0.39 is 0 Å². The molecule has 0 spiro atoms. The van der Waals surface area contributed by atoms with Crippen molar-refractivity contribution in [1.29, 1.82) is 0 Å². The molecular formula is C24H25N3O. The van der Waals surface area contributed by atoms with Gasteiger partial charge in [0.15, 0.2) is 0 Å². The first-order chi connectivity index (χ1) is 13.8. The molecule has 0 bridgehead atoms. The minimum atomic E-state index is -0.108. The van der Waals surface area contributed by atoms with Gasteiger partial charge in [-0.15, -0.1) is 0 Å². The molecule has 1 aliphatic heterocycles. The van der Waals surface area contributed by atoms with E-state index >= 15 is 0 Å². The summed E-state index contributed by atoms with van der Waals surface area (Å²) in [6.45, 7) is 2.29. The number of carbonyl (C=O) groups excluding carboxylic acids is 1. The summed E-state index contributed by atoms with van der Waals surface area (Å²) < 4.78 is 0. The number of fused-ring (bicyclic) bond motifs is 2. The molecule has 0 atom stereocenters. The molecule has 0 radical (unpaired) electrons. The number of para-hydroxylation sites is 1. The fraction of sp³-hybridized carbons (Fsp3) is 0.333. The summed E-state index contributed by atoms with van der Waals surface area (Å²) in [5.41, 5.74) is 5.15. The fourth-order valence-electron chi connectivity index (χ4n) is 4.34. The van der Waals surface area contributed by atoms with Crippen LogP contribution < -0.4 is 5.32 Å². The van der Waals surface area contributed by atoms with Gasteiger partial charge in [-0.25, -0.2) is 0 Å². The highest BCUT2D eigenvalue weighted by Gasteiger charge is 2.26. The standard InChI is InChI=1S/C24H25N3O/c28-24(20-14-19-4-1-2-7-23(19)25-16-20)26-21-9-8-17-10-12-27(22-5-3-6-22)13-11-18(17)15-21/h1-2,4,7-9,14-16,22H,3,5-6,10-13H2,(H,26,28). The van der Waals surface area contributed by atoms with Crippen molar-refractivity contribution in [2.24, 2.45) is 0 Å². The second-order valence-electron chi connectivity index (χ2n) is 7.98. The zero-order valence-electron chi connectivity index (χ0n) is 16.0. The Balaban J connectivity index is 1.31. The van der Waals surface area contributed by atoms with E-state index in [1.54, 1.807) is 6.20 Å². The molecule has 1 fully saturated rings. The quantitative estimate of drug-likeness (QED) is 0.740. The number of aromatic nitrogens is 1. The number of nitrogens with one attached hydrogen (secondary N) is 1. The SMILES string of the molecule is O=C(Nc1ccc2c(c1)CCN(C1CCC1)CC2)c1cnc2ccccc2c1. The molecule has 0 unspecified atom stereocenters. The first kappa shape index (κ1) is 17.4. The van der Waals surface area contributed by atoms with E-state index in [-0.39, 0.29) is 5.91 Å². The van der Waals surface area contributed by atoms with Gasteiger partial charge in [0.25, 0.3) is 5.91 Å². The summed E-state index contributed by atoms with van der Waals surface area (Å²) in [6, 6.07) is 16.9. The monoisotopic (exact) mass is 371 g/mol. The normalized spacial score (nSPS) is 17.6. The lowest BCUT2D eigenvalue weighted by Crippen LogP contribution is -2.41. The van der Waals surface area contributed by atoms with Crippen LogP contribution >= 0.6 is 0 Å². The maximum atomic E-state index is 12.7. The maximum absolute atomic E-state index is 12.7. The molecule has 4 nitrogen and oxygen atoms in total. The van der Waals surface area contributed by atoms with E-state index in [4.69, 9.17) is 0 Å². The average molecular weight is 371 g/mol. The molecule has 3 aromatic rings. The van der Waals surface area contributed by atoms with Crippen LogP contribution in [0.15, 0.2) is 54.7 Å². The number of amides is 1. The van der Waals surface area contributed by atoms with Gasteiger partial charge in [0.05, 0.1) is 11.1 Å². The number of carbonyl (C=O) groups is 1. The van der Waals surface area contributed by atoms with Crippen molar-refractivity contribution < 1.29 is 4.79 Å². The molecule has 4 heteroatoms. The molecular weight excluding hydrogens is 346 g/mol. The third-order valence-electron chi connectivity index (χ3n) is 6.24. The third-order valence-corrected chi connectivity index (χ3v) is 6.24. The molecule has 2 heterocycles. The highest BCUT2D eigenvalue weighted by atomic mass is 16.1. The Morgan fingerprint density at radius 1 is 1.00 bits per heavy atom. The Bertz CT molecular complexity index is 1030. The lowest BCUT2D eigenvalue weighted by molar-refractivity contribution is 0.102. The van der Waals surface area contributed by atoms with E-state index in [0.717, 1.165) is 48.6 Å². The van der Waals surface area contributed by atoms with Crippen LogP contribution in [0.25, 0.3) is 10.9 Å². The van der Waals surface area contributed by atoms with Crippen molar-refractivity contribution in [3.05, 3.63) is 71.4 Å². The second kappa shape index (κ2) is 7.36. The molecule has 1 aromatic heterocycles. The molecule has 1 aliphatic carbocycles.